The van der Waals surface area contributed by atoms with Crippen LogP contribution in [0.5, 0.6) is 0 Å². The molecule has 0 aromatic heterocycles. The van der Waals surface area contributed by atoms with Gasteiger partial charge in [-0.2, -0.15) is 0 Å². The number of halogens is 2. The van der Waals surface area contributed by atoms with Crippen LogP contribution >= 0.6 is 0 Å². The molecule has 0 bridgehead atoms. The number of hydrogen-bond donors (Lipinski definition) is 0. The van der Waals surface area contributed by atoms with Crippen molar-refractivity contribution in [3.63, 3.8) is 0 Å². The number of carbonyl (C=O) groups is 2. The molecule has 5 nitrogen and oxygen atoms in total. The fraction of sp³-hybridized carbons (Fsp3) is 0.391. The first-order valence-electron chi connectivity index (χ1n) is 10.1. The Bertz CT molecular complexity index is 955. The maximum atomic E-state index is 14.0. The smallest absolute Gasteiger partial charge is 0.254 e. The van der Waals surface area contributed by atoms with Crippen LogP contribution in [0.3, 0.4) is 0 Å². The van der Waals surface area contributed by atoms with E-state index >= 15 is 0 Å². The first kappa shape index (κ1) is 20.5. The van der Waals surface area contributed by atoms with Gasteiger partial charge >= 0.3 is 0 Å². The zero-order chi connectivity index (χ0) is 21.3. The van der Waals surface area contributed by atoms with Crippen LogP contribution in [0.2, 0.25) is 0 Å². The van der Waals surface area contributed by atoms with Crippen molar-refractivity contribution in [2.45, 2.75) is 31.8 Å². The second-order valence-corrected chi connectivity index (χ2v) is 8.07. The van der Waals surface area contributed by atoms with E-state index in [0.29, 0.717) is 38.3 Å². The predicted octanol–water partition coefficient (Wildman–Crippen LogP) is 3.31. The normalized spacial score (nSPS) is 21.9. The Kier molecular flexibility index (Phi) is 5.56. The highest BCUT2D eigenvalue weighted by Gasteiger charge is 2.47. The quantitative estimate of drug-likeness (QED) is 0.774. The maximum Gasteiger partial charge on any atom is 0.254 e. The zero-order valence-corrected chi connectivity index (χ0v) is 16.9. The van der Waals surface area contributed by atoms with Gasteiger partial charge in [0.25, 0.3) is 5.91 Å². The van der Waals surface area contributed by atoms with Crippen LogP contribution in [0.4, 0.5) is 8.78 Å². The molecule has 1 unspecified atom stereocenters. The number of hydrogen-bond acceptors (Lipinski definition) is 3. The molecule has 2 amide bonds. The minimum absolute atomic E-state index is 0.0739. The molecule has 1 atom stereocenters. The average molecular weight is 414 g/mol. The number of amides is 2. The van der Waals surface area contributed by atoms with Gasteiger partial charge in [0.2, 0.25) is 5.91 Å². The lowest BCUT2D eigenvalue weighted by Crippen LogP contribution is -2.56. The molecule has 0 radical (unpaired) electrons. The molecule has 2 heterocycles. The van der Waals surface area contributed by atoms with Gasteiger partial charge in [-0.1, -0.05) is 18.2 Å². The largest absolute Gasteiger partial charge is 0.379 e. The molecular formula is C23H24F2N2O3. The first-order chi connectivity index (χ1) is 14.4. The fourth-order valence-electron chi connectivity index (χ4n) is 4.19. The highest BCUT2D eigenvalue weighted by Crippen LogP contribution is 2.33. The monoisotopic (exact) mass is 414 g/mol. The third-order valence-electron chi connectivity index (χ3n) is 6.00. The molecule has 2 saturated heterocycles. The van der Waals surface area contributed by atoms with Crippen molar-refractivity contribution in [1.82, 2.24) is 9.80 Å². The van der Waals surface area contributed by atoms with Crippen molar-refractivity contribution in [3.8, 4) is 0 Å². The summed E-state index contributed by atoms with van der Waals surface area (Å²) in [6, 6.07) is 10.5. The molecule has 30 heavy (non-hydrogen) atoms. The van der Waals surface area contributed by atoms with E-state index in [1.165, 1.54) is 18.2 Å². The molecule has 2 aliphatic heterocycles. The topological polar surface area (TPSA) is 49.9 Å². The molecule has 0 saturated carbocycles. The van der Waals surface area contributed by atoms with Crippen LogP contribution in [0.1, 0.15) is 34.3 Å². The Morgan fingerprint density at radius 3 is 2.60 bits per heavy atom. The number of ether oxygens (including phenoxy) is 1. The Labute approximate surface area is 174 Å². The van der Waals surface area contributed by atoms with Gasteiger partial charge in [-0.15, -0.1) is 0 Å². The van der Waals surface area contributed by atoms with Gasteiger partial charge < -0.3 is 14.5 Å². The van der Waals surface area contributed by atoms with Crippen molar-refractivity contribution in [3.05, 3.63) is 70.8 Å². The van der Waals surface area contributed by atoms with E-state index in [1.807, 2.05) is 0 Å². The summed E-state index contributed by atoms with van der Waals surface area (Å²) in [6.07, 6.45) is 0.773. The van der Waals surface area contributed by atoms with E-state index in [4.69, 9.17) is 4.74 Å². The van der Waals surface area contributed by atoms with Crippen molar-refractivity contribution < 1.29 is 23.1 Å². The molecule has 2 aromatic carbocycles. The SMILES string of the molecule is Cc1ccc(C(=O)N2CCC(=O)N(Cc3ccc(F)cc3)C3(CCOC3)C2)cc1F. The molecule has 2 fully saturated rings. The van der Waals surface area contributed by atoms with E-state index in [1.54, 1.807) is 41.0 Å². The Morgan fingerprint density at radius 2 is 1.93 bits per heavy atom. The van der Waals surface area contributed by atoms with Gasteiger partial charge in [0.1, 0.15) is 11.6 Å². The summed E-state index contributed by atoms with van der Waals surface area (Å²) in [5.41, 5.74) is 0.910. The second kappa shape index (κ2) is 8.14. The Hall–Kier alpha value is -2.80. The molecule has 0 N–H and O–H groups in total. The van der Waals surface area contributed by atoms with Crippen LogP contribution in [0.25, 0.3) is 0 Å². The minimum atomic E-state index is -0.652. The number of nitrogens with zero attached hydrogens (tertiary/aromatic N) is 2. The predicted molar refractivity (Wildman–Crippen MR) is 107 cm³/mol. The van der Waals surface area contributed by atoms with E-state index in [0.717, 1.165) is 5.56 Å². The van der Waals surface area contributed by atoms with Crippen molar-refractivity contribution in [2.75, 3.05) is 26.3 Å². The molecule has 2 aliphatic rings. The van der Waals surface area contributed by atoms with E-state index < -0.39 is 11.4 Å². The summed E-state index contributed by atoms with van der Waals surface area (Å²) in [5.74, 6) is -1.13. The highest BCUT2D eigenvalue weighted by molar-refractivity contribution is 5.95. The third kappa shape index (κ3) is 3.94. The summed E-state index contributed by atoms with van der Waals surface area (Å²) in [5, 5.41) is 0. The molecule has 158 valence electrons. The summed E-state index contributed by atoms with van der Waals surface area (Å²) in [4.78, 5) is 29.6. The molecule has 2 aromatic rings. The summed E-state index contributed by atoms with van der Waals surface area (Å²) in [7, 11) is 0. The fourth-order valence-corrected chi connectivity index (χ4v) is 4.19. The van der Waals surface area contributed by atoms with Gasteiger partial charge in [-0.25, -0.2) is 8.78 Å². The maximum absolute atomic E-state index is 14.0. The summed E-state index contributed by atoms with van der Waals surface area (Å²) < 4.78 is 32.9. The van der Waals surface area contributed by atoms with E-state index in [-0.39, 0.29) is 36.2 Å². The number of rotatable bonds is 3. The minimum Gasteiger partial charge on any atom is -0.379 e. The first-order valence-corrected chi connectivity index (χ1v) is 10.1. The van der Waals surface area contributed by atoms with Crippen LogP contribution in [0, 0.1) is 18.6 Å². The second-order valence-electron chi connectivity index (χ2n) is 8.07. The number of carbonyl (C=O) groups excluding carboxylic acids is 2. The van der Waals surface area contributed by atoms with Crippen LogP contribution in [0.15, 0.2) is 42.5 Å². The summed E-state index contributed by atoms with van der Waals surface area (Å²) >= 11 is 0. The van der Waals surface area contributed by atoms with E-state index in [9.17, 15) is 18.4 Å². The van der Waals surface area contributed by atoms with Crippen LogP contribution < -0.4 is 0 Å². The van der Waals surface area contributed by atoms with Gasteiger partial charge in [0.05, 0.1) is 12.1 Å². The lowest BCUT2D eigenvalue weighted by molar-refractivity contribution is -0.137. The standard InChI is InChI=1S/C23H24F2N2O3/c1-16-2-5-18(12-20(16)25)22(29)26-10-8-21(28)27(23(14-26)9-11-30-15-23)13-17-3-6-19(24)7-4-17/h2-7,12H,8-11,13-15H2,1H3. The third-order valence-corrected chi connectivity index (χ3v) is 6.00. The van der Waals surface area contributed by atoms with Crippen LogP contribution in [-0.2, 0) is 16.1 Å². The van der Waals surface area contributed by atoms with Gasteiger partial charge in [0.15, 0.2) is 0 Å². The average Bonchev–Trinajstić information content (AvgIpc) is 3.16. The van der Waals surface area contributed by atoms with Crippen molar-refractivity contribution >= 4 is 11.8 Å². The molecule has 7 heteroatoms. The van der Waals surface area contributed by atoms with Crippen LogP contribution in [-0.4, -0.2) is 53.5 Å². The van der Waals surface area contributed by atoms with Gasteiger partial charge in [-0.3, -0.25) is 9.59 Å². The zero-order valence-electron chi connectivity index (χ0n) is 16.9. The Morgan fingerprint density at radius 1 is 1.17 bits per heavy atom. The van der Waals surface area contributed by atoms with Gasteiger partial charge in [0, 0.05) is 38.2 Å². The lowest BCUT2D eigenvalue weighted by atomic mass is 9.94. The molecular weight excluding hydrogens is 390 g/mol. The highest BCUT2D eigenvalue weighted by atomic mass is 19.1. The Balaban J connectivity index is 1.62. The van der Waals surface area contributed by atoms with Crippen molar-refractivity contribution in [2.24, 2.45) is 0 Å². The van der Waals surface area contributed by atoms with Crippen molar-refractivity contribution in [1.29, 1.82) is 0 Å². The molecule has 4 rings (SSSR count). The summed E-state index contributed by atoms with van der Waals surface area (Å²) in [6.45, 7) is 3.36. The number of benzene rings is 2. The number of aryl methyl sites for hydroxylation is 1. The van der Waals surface area contributed by atoms with E-state index in [2.05, 4.69) is 0 Å². The molecule has 1 spiro atoms. The lowest BCUT2D eigenvalue weighted by Gasteiger charge is -2.40. The molecule has 0 aliphatic carbocycles. The van der Waals surface area contributed by atoms with Gasteiger partial charge in [-0.05, 0) is 48.7 Å².